The van der Waals surface area contributed by atoms with Gasteiger partial charge < -0.3 is 14.6 Å². The number of piperidine rings is 1. The first-order valence-electron chi connectivity index (χ1n) is 9.74. The van der Waals surface area contributed by atoms with Crippen LogP contribution in [0.2, 0.25) is 0 Å². The predicted octanol–water partition coefficient (Wildman–Crippen LogP) is 0.145. The Labute approximate surface area is 168 Å². The Morgan fingerprint density at radius 2 is 2.10 bits per heavy atom. The molecule has 1 saturated heterocycles. The zero-order valence-corrected chi connectivity index (χ0v) is 16.6. The fraction of sp³-hybridized carbons (Fsp3) is 0.500. The van der Waals surface area contributed by atoms with Gasteiger partial charge in [0, 0.05) is 50.6 Å². The van der Waals surface area contributed by atoms with Crippen molar-refractivity contribution in [3.05, 3.63) is 52.2 Å². The number of nitrogens with one attached hydrogen (secondary N) is 1. The average Bonchev–Trinajstić information content (AvgIpc) is 3.14. The highest BCUT2D eigenvalue weighted by Gasteiger charge is 2.41. The van der Waals surface area contributed by atoms with Crippen LogP contribution in [0.5, 0.6) is 0 Å². The largest absolute Gasteiger partial charge is 0.468 e. The van der Waals surface area contributed by atoms with Crippen LogP contribution in [0, 0.1) is 5.92 Å². The molecule has 0 aliphatic carbocycles. The Balaban J connectivity index is 1.59. The molecule has 2 bridgehead atoms. The summed E-state index contributed by atoms with van der Waals surface area (Å²) in [6, 6.07) is 6.80. The van der Waals surface area contributed by atoms with Gasteiger partial charge in [-0.2, -0.15) is 5.10 Å². The standard InChI is InChI=1S/C20H25N5O4/c1-23-16(6-7-22-23)20(28)21-9-17-14-8-13(10-24(11-14)12-19(27)29-2)15-4-3-5-18(26)25(15)17/h3-7,13-14,17H,8-12H2,1-2H3,(H,21,28)/t13-,14+,17+/m1/s1. The molecule has 9 heteroatoms. The maximum Gasteiger partial charge on any atom is 0.319 e. The molecule has 2 aliphatic heterocycles. The summed E-state index contributed by atoms with van der Waals surface area (Å²) in [5, 5.41) is 6.99. The van der Waals surface area contributed by atoms with E-state index in [0.29, 0.717) is 25.3 Å². The normalized spacial score (nSPS) is 23.3. The number of aryl methyl sites for hydroxylation is 1. The summed E-state index contributed by atoms with van der Waals surface area (Å²) < 4.78 is 8.17. The van der Waals surface area contributed by atoms with E-state index in [0.717, 1.165) is 12.1 Å². The van der Waals surface area contributed by atoms with E-state index in [2.05, 4.69) is 15.3 Å². The van der Waals surface area contributed by atoms with Crippen molar-refractivity contribution in [1.82, 2.24) is 24.6 Å². The molecule has 154 valence electrons. The molecule has 4 heterocycles. The van der Waals surface area contributed by atoms with E-state index in [1.807, 2.05) is 10.6 Å². The molecule has 2 aliphatic rings. The summed E-state index contributed by atoms with van der Waals surface area (Å²) in [6.07, 6.45) is 2.50. The minimum atomic E-state index is -0.267. The lowest BCUT2D eigenvalue weighted by Crippen LogP contribution is -2.52. The Morgan fingerprint density at radius 3 is 2.83 bits per heavy atom. The van der Waals surface area contributed by atoms with Crippen LogP contribution in [0.1, 0.15) is 34.6 Å². The van der Waals surface area contributed by atoms with Crippen LogP contribution in [-0.2, 0) is 16.6 Å². The number of carbonyl (C=O) groups is 2. The first-order valence-corrected chi connectivity index (χ1v) is 9.74. The maximum absolute atomic E-state index is 12.7. The number of aromatic nitrogens is 3. The fourth-order valence-corrected chi connectivity index (χ4v) is 4.66. The molecule has 3 atom stereocenters. The van der Waals surface area contributed by atoms with Gasteiger partial charge in [0.05, 0.1) is 19.7 Å². The summed E-state index contributed by atoms with van der Waals surface area (Å²) in [7, 11) is 3.10. The smallest absolute Gasteiger partial charge is 0.319 e. The Hall–Kier alpha value is -2.94. The second-order valence-corrected chi connectivity index (χ2v) is 7.74. The molecule has 29 heavy (non-hydrogen) atoms. The highest BCUT2D eigenvalue weighted by Crippen LogP contribution is 2.40. The van der Waals surface area contributed by atoms with Crippen LogP contribution in [0.25, 0.3) is 0 Å². The zero-order valence-electron chi connectivity index (χ0n) is 16.6. The molecule has 0 unspecified atom stereocenters. The van der Waals surface area contributed by atoms with Gasteiger partial charge in [-0.15, -0.1) is 0 Å². The monoisotopic (exact) mass is 399 g/mol. The molecular formula is C20H25N5O4. The molecule has 2 aromatic heterocycles. The molecule has 4 rings (SSSR count). The van der Waals surface area contributed by atoms with Crippen LogP contribution >= 0.6 is 0 Å². The van der Waals surface area contributed by atoms with Gasteiger partial charge in [0.15, 0.2) is 0 Å². The van der Waals surface area contributed by atoms with E-state index in [1.54, 1.807) is 31.4 Å². The third-order valence-corrected chi connectivity index (χ3v) is 5.98. The Bertz CT molecular complexity index is 981. The van der Waals surface area contributed by atoms with Gasteiger partial charge in [-0.05, 0) is 24.5 Å². The molecule has 1 amide bonds. The zero-order chi connectivity index (χ0) is 20.5. The van der Waals surface area contributed by atoms with Crippen LogP contribution < -0.4 is 10.9 Å². The number of likely N-dealkylation sites (tertiary alicyclic amines) is 1. The van der Waals surface area contributed by atoms with Crippen molar-refractivity contribution < 1.29 is 14.3 Å². The molecule has 1 N–H and O–H groups in total. The molecule has 0 spiro atoms. The number of ether oxygens (including phenoxy) is 1. The lowest BCUT2D eigenvalue weighted by atomic mass is 9.78. The highest BCUT2D eigenvalue weighted by molar-refractivity contribution is 5.92. The van der Waals surface area contributed by atoms with Crippen molar-refractivity contribution >= 4 is 11.9 Å². The summed E-state index contributed by atoms with van der Waals surface area (Å²) in [4.78, 5) is 39.1. The second kappa shape index (κ2) is 7.82. The van der Waals surface area contributed by atoms with Crippen LogP contribution in [0.15, 0.2) is 35.3 Å². The molecular weight excluding hydrogens is 374 g/mol. The number of rotatable bonds is 5. The quantitative estimate of drug-likeness (QED) is 0.719. The van der Waals surface area contributed by atoms with Crippen molar-refractivity contribution in [3.8, 4) is 0 Å². The van der Waals surface area contributed by atoms with Crippen LogP contribution in [0.3, 0.4) is 0 Å². The number of hydrogen-bond donors (Lipinski definition) is 1. The number of methoxy groups -OCH3 is 1. The molecule has 1 fully saturated rings. The lowest BCUT2D eigenvalue weighted by Gasteiger charge is -2.46. The molecule has 0 radical (unpaired) electrons. The number of carbonyl (C=O) groups excluding carboxylic acids is 2. The van der Waals surface area contributed by atoms with Gasteiger partial charge >= 0.3 is 5.97 Å². The number of fused-ring (bicyclic) bond motifs is 4. The molecule has 2 aromatic rings. The number of amides is 1. The van der Waals surface area contributed by atoms with Crippen molar-refractivity contribution in [1.29, 1.82) is 0 Å². The lowest BCUT2D eigenvalue weighted by molar-refractivity contribution is -0.142. The SMILES string of the molecule is COC(=O)CN1C[C@H]2C[C@@H](C1)[C@H](CNC(=O)c1ccnn1C)n1c2cccc1=O. The number of esters is 1. The third kappa shape index (κ3) is 3.69. The highest BCUT2D eigenvalue weighted by atomic mass is 16.5. The van der Waals surface area contributed by atoms with E-state index in [4.69, 9.17) is 4.74 Å². The number of nitrogens with zero attached hydrogens (tertiary/aromatic N) is 4. The van der Waals surface area contributed by atoms with Crippen molar-refractivity contribution in [2.45, 2.75) is 18.4 Å². The van der Waals surface area contributed by atoms with Gasteiger partial charge in [0.1, 0.15) is 5.69 Å². The van der Waals surface area contributed by atoms with Gasteiger partial charge in [0.2, 0.25) is 0 Å². The third-order valence-electron chi connectivity index (χ3n) is 5.98. The first kappa shape index (κ1) is 19.4. The van der Waals surface area contributed by atoms with Gasteiger partial charge in [-0.25, -0.2) is 0 Å². The predicted molar refractivity (Wildman–Crippen MR) is 105 cm³/mol. The fourth-order valence-electron chi connectivity index (χ4n) is 4.66. The van der Waals surface area contributed by atoms with Crippen molar-refractivity contribution in [2.75, 3.05) is 33.3 Å². The number of pyridine rings is 1. The second-order valence-electron chi connectivity index (χ2n) is 7.74. The summed E-state index contributed by atoms with van der Waals surface area (Å²) in [5.41, 5.74) is 1.37. The first-order chi connectivity index (χ1) is 14.0. The Kier molecular flexibility index (Phi) is 5.23. The van der Waals surface area contributed by atoms with Crippen molar-refractivity contribution in [2.24, 2.45) is 13.0 Å². The number of hydrogen-bond acceptors (Lipinski definition) is 6. The summed E-state index contributed by atoms with van der Waals surface area (Å²) in [5.74, 6) is -0.162. The van der Waals surface area contributed by atoms with E-state index < -0.39 is 0 Å². The summed E-state index contributed by atoms with van der Waals surface area (Å²) >= 11 is 0. The van der Waals surface area contributed by atoms with Crippen molar-refractivity contribution in [3.63, 3.8) is 0 Å². The molecule has 9 nitrogen and oxygen atoms in total. The molecule has 0 aromatic carbocycles. The van der Waals surface area contributed by atoms with Gasteiger partial charge in [-0.3, -0.25) is 24.0 Å². The Morgan fingerprint density at radius 1 is 1.28 bits per heavy atom. The van der Waals surface area contributed by atoms with Gasteiger partial charge in [-0.1, -0.05) is 6.07 Å². The van der Waals surface area contributed by atoms with Crippen LogP contribution in [0.4, 0.5) is 0 Å². The van der Waals surface area contributed by atoms with E-state index >= 15 is 0 Å². The summed E-state index contributed by atoms with van der Waals surface area (Å²) in [6.45, 7) is 1.96. The topological polar surface area (TPSA) is 98.5 Å². The van der Waals surface area contributed by atoms with E-state index in [-0.39, 0.29) is 41.9 Å². The minimum Gasteiger partial charge on any atom is -0.468 e. The van der Waals surface area contributed by atoms with Crippen LogP contribution in [-0.4, -0.2) is 64.4 Å². The van der Waals surface area contributed by atoms with Gasteiger partial charge in [0.25, 0.3) is 11.5 Å². The molecule has 0 saturated carbocycles. The maximum atomic E-state index is 12.7. The average molecular weight is 399 g/mol. The van der Waals surface area contributed by atoms with E-state index in [9.17, 15) is 14.4 Å². The minimum absolute atomic E-state index is 0.0570. The van der Waals surface area contributed by atoms with E-state index in [1.165, 1.54) is 11.8 Å².